The van der Waals surface area contributed by atoms with Crippen molar-refractivity contribution < 1.29 is 0 Å². The summed E-state index contributed by atoms with van der Waals surface area (Å²) < 4.78 is 0. The van der Waals surface area contributed by atoms with E-state index in [1.165, 1.54) is 28.9 Å². The van der Waals surface area contributed by atoms with Crippen molar-refractivity contribution in [1.29, 1.82) is 0 Å². The van der Waals surface area contributed by atoms with Crippen LogP contribution in [-0.2, 0) is 0 Å². The fourth-order valence-corrected chi connectivity index (χ4v) is 4.80. The molecular weight excluding hydrogens is 212 g/mol. The lowest BCUT2D eigenvalue weighted by atomic mass is 9.81. The Labute approximate surface area is 102 Å². The second-order valence-electron chi connectivity index (χ2n) is 5.44. The highest BCUT2D eigenvalue weighted by Gasteiger charge is 2.43. The quantitative estimate of drug-likeness (QED) is 0.474. The van der Waals surface area contributed by atoms with Crippen LogP contribution in [0.3, 0.4) is 0 Å². The highest BCUT2D eigenvalue weighted by atomic mass is 32.1. The van der Waals surface area contributed by atoms with Crippen LogP contribution < -0.4 is 0 Å². The van der Waals surface area contributed by atoms with E-state index in [-0.39, 0.29) is 0 Å². The van der Waals surface area contributed by atoms with Gasteiger partial charge in [-0.2, -0.15) is 11.4 Å². The van der Waals surface area contributed by atoms with Gasteiger partial charge in [0.25, 0.3) is 0 Å². The third-order valence-electron chi connectivity index (χ3n) is 4.59. The molecule has 0 aromatic carbocycles. The molecule has 0 aromatic rings. The minimum atomic E-state index is 0.732. The van der Waals surface area contributed by atoms with Crippen LogP contribution >= 0.6 is 11.4 Å². The Balaban J connectivity index is 2.05. The fraction of sp³-hybridized carbons (Fsp3) is 0.533. The third-order valence-corrected chi connectivity index (χ3v) is 5.88. The number of hydrogen-bond acceptors (Lipinski definition) is 0. The molecule has 0 bridgehead atoms. The van der Waals surface area contributed by atoms with Crippen LogP contribution in [0.4, 0.5) is 0 Å². The zero-order chi connectivity index (χ0) is 11.3. The first-order valence-corrected chi connectivity index (χ1v) is 7.24. The van der Waals surface area contributed by atoms with Gasteiger partial charge >= 0.3 is 0 Å². The van der Waals surface area contributed by atoms with Crippen LogP contribution in [0.15, 0.2) is 34.8 Å². The summed E-state index contributed by atoms with van der Waals surface area (Å²) >= 11 is 1.48. The van der Waals surface area contributed by atoms with Gasteiger partial charge in [-0.1, -0.05) is 36.3 Å². The number of rotatable bonds is 0. The molecule has 4 unspecified atom stereocenters. The maximum atomic E-state index is 2.53. The Hall–Kier alpha value is -0.560. The number of fused-ring (bicyclic) bond motifs is 3. The van der Waals surface area contributed by atoms with Gasteiger partial charge in [-0.05, 0) is 48.3 Å². The molecule has 1 saturated carbocycles. The Morgan fingerprint density at radius 3 is 2.75 bits per heavy atom. The standard InChI is InChI=1S/C15H20S/c1-9-7-13-11(3)12-5-4-6-16-15(12)14(13)8-10(9)2/h4,6-8,11-14,16H,5H2,1-3H3. The molecule has 1 fully saturated rings. The molecule has 86 valence electrons. The van der Waals surface area contributed by atoms with Crippen LogP contribution in [0, 0.1) is 23.7 Å². The van der Waals surface area contributed by atoms with Crippen molar-refractivity contribution in [3.63, 3.8) is 0 Å². The second kappa shape index (κ2) is 3.73. The molecule has 4 atom stereocenters. The van der Waals surface area contributed by atoms with Crippen LogP contribution in [0.5, 0.6) is 0 Å². The van der Waals surface area contributed by atoms with E-state index in [1.807, 2.05) is 0 Å². The van der Waals surface area contributed by atoms with Crippen molar-refractivity contribution in [2.24, 2.45) is 23.7 Å². The van der Waals surface area contributed by atoms with Gasteiger partial charge in [-0.3, -0.25) is 0 Å². The van der Waals surface area contributed by atoms with Gasteiger partial charge < -0.3 is 0 Å². The SMILES string of the molecule is CC1=CC2C3=[SH]C=CCC3C(C)C2C=C1C. The first-order valence-electron chi connectivity index (χ1n) is 6.28. The predicted octanol–water partition coefficient (Wildman–Crippen LogP) is 3.95. The van der Waals surface area contributed by atoms with Crippen molar-refractivity contribution in [2.45, 2.75) is 27.2 Å². The van der Waals surface area contributed by atoms with Gasteiger partial charge in [0.1, 0.15) is 0 Å². The largest absolute Gasteiger partial charge is 0.177 e. The molecule has 0 spiro atoms. The highest BCUT2D eigenvalue weighted by Crippen LogP contribution is 2.48. The lowest BCUT2D eigenvalue weighted by Crippen LogP contribution is -2.16. The molecule has 0 nitrogen and oxygen atoms in total. The molecule has 3 aliphatic rings. The number of allylic oxidation sites excluding steroid dienone is 5. The van der Waals surface area contributed by atoms with E-state index < -0.39 is 0 Å². The maximum Gasteiger partial charge on any atom is 0.0107 e. The normalized spacial score (nSPS) is 41.3. The highest BCUT2D eigenvalue weighted by molar-refractivity contribution is 8.01. The Morgan fingerprint density at radius 2 is 1.94 bits per heavy atom. The fourth-order valence-electron chi connectivity index (χ4n) is 3.45. The summed E-state index contributed by atoms with van der Waals surface area (Å²) in [4.78, 5) is 1.78. The van der Waals surface area contributed by atoms with Crippen molar-refractivity contribution in [3.8, 4) is 0 Å². The zero-order valence-corrected chi connectivity index (χ0v) is 11.2. The average molecular weight is 232 g/mol. The van der Waals surface area contributed by atoms with Gasteiger partial charge in [0.2, 0.25) is 0 Å². The van der Waals surface area contributed by atoms with Crippen molar-refractivity contribution in [2.75, 3.05) is 0 Å². The number of hydrogen-bond donors (Lipinski definition) is 1. The van der Waals surface area contributed by atoms with Gasteiger partial charge in [-0.15, -0.1) is 0 Å². The zero-order valence-electron chi connectivity index (χ0n) is 10.3. The monoisotopic (exact) mass is 232 g/mol. The van der Waals surface area contributed by atoms with E-state index in [9.17, 15) is 0 Å². The Kier molecular flexibility index (Phi) is 2.47. The molecule has 0 saturated heterocycles. The van der Waals surface area contributed by atoms with E-state index in [0.717, 1.165) is 23.7 Å². The van der Waals surface area contributed by atoms with Crippen LogP contribution in [0.25, 0.3) is 0 Å². The Bertz CT molecular complexity index is 436. The predicted molar refractivity (Wildman–Crippen MR) is 74.9 cm³/mol. The molecule has 1 aliphatic heterocycles. The van der Waals surface area contributed by atoms with Gasteiger partial charge in [-0.25, -0.2) is 0 Å². The molecular formula is C15H20S. The summed E-state index contributed by atoms with van der Waals surface area (Å²) in [7, 11) is 0. The molecule has 0 amide bonds. The summed E-state index contributed by atoms with van der Waals surface area (Å²) in [5.41, 5.74) is 2.99. The van der Waals surface area contributed by atoms with E-state index >= 15 is 0 Å². The summed E-state index contributed by atoms with van der Waals surface area (Å²) in [5.74, 6) is 3.18. The first kappa shape index (κ1) is 10.6. The van der Waals surface area contributed by atoms with Crippen LogP contribution in [-0.4, -0.2) is 4.86 Å². The van der Waals surface area contributed by atoms with Crippen LogP contribution in [0.1, 0.15) is 27.2 Å². The topological polar surface area (TPSA) is 0 Å². The second-order valence-corrected chi connectivity index (χ2v) is 6.52. The van der Waals surface area contributed by atoms with Crippen molar-refractivity contribution in [1.82, 2.24) is 0 Å². The van der Waals surface area contributed by atoms with E-state index in [2.05, 4.69) is 44.4 Å². The lowest BCUT2D eigenvalue weighted by molar-refractivity contribution is 0.383. The summed E-state index contributed by atoms with van der Waals surface area (Å²) in [6.07, 6.45) is 8.70. The average Bonchev–Trinajstić information content (AvgIpc) is 2.55. The summed E-state index contributed by atoms with van der Waals surface area (Å²) in [6.45, 7) is 6.97. The Morgan fingerprint density at radius 1 is 1.19 bits per heavy atom. The van der Waals surface area contributed by atoms with E-state index in [4.69, 9.17) is 0 Å². The first-order chi connectivity index (χ1) is 7.68. The van der Waals surface area contributed by atoms with Gasteiger partial charge in [0.15, 0.2) is 0 Å². The molecule has 0 N–H and O–H groups in total. The van der Waals surface area contributed by atoms with Crippen molar-refractivity contribution in [3.05, 3.63) is 34.8 Å². The van der Waals surface area contributed by atoms with Crippen LogP contribution in [0.2, 0.25) is 0 Å². The van der Waals surface area contributed by atoms with Crippen molar-refractivity contribution >= 4 is 16.2 Å². The molecule has 1 heterocycles. The molecule has 3 rings (SSSR count). The number of thiol groups is 1. The van der Waals surface area contributed by atoms with Gasteiger partial charge in [0, 0.05) is 5.92 Å². The lowest BCUT2D eigenvalue weighted by Gasteiger charge is -2.23. The minimum absolute atomic E-state index is 0.732. The molecule has 1 heteroatoms. The minimum Gasteiger partial charge on any atom is -0.177 e. The summed E-state index contributed by atoms with van der Waals surface area (Å²) in [6, 6.07) is 0. The molecule has 0 aromatic heterocycles. The molecule has 0 radical (unpaired) electrons. The van der Waals surface area contributed by atoms with E-state index in [1.54, 1.807) is 4.86 Å². The summed E-state index contributed by atoms with van der Waals surface area (Å²) in [5, 5.41) is 2.34. The van der Waals surface area contributed by atoms with E-state index in [0.29, 0.717) is 0 Å². The third kappa shape index (κ3) is 1.41. The maximum absolute atomic E-state index is 2.53. The van der Waals surface area contributed by atoms with Gasteiger partial charge in [0.05, 0.1) is 0 Å². The molecule has 2 aliphatic carbocycles. The smallest absolute Gasteiger partial charge is 0.0107 e. The molecule has 16 heavy (non-hydrogen) atoms.